The maximum Gasteiger partial charge on any atom is 0.325 e. The Morgan fingerprint density at radius 2 is 1.36 bits per heavy atom. The van der Waals surface area contributed by atoms with Crippen LogP contribution in [-0.2, 0) is 8.85 Å². The van der Waals surface area contributed by atoms with E-state index in [2.05, 4.69) is 48.5 Å². The fourth-order valence-electron chi connectivity index (χ4n) is 3.33. The van der Waals surface area contributed by atoms with Gasteiger partial charge in [-0.2, -0.15) is 0 Å². The van der Waals surface area contributed by atoms with E-state index in [1.54, 1.807) is 0 Å². The van der Waals surface area contributed by atoms with E-state index in [0.717, 1.165) is 0 Å². The van der Waals surface area contributed by atoms with Gasteiger partial charge in [-0.1, -0.05) is 73.5 Å². The van der Waals surface area contributed by atoms with Crippen molar-refractivity contribution >= 4 is 9.28 Å². The van der Waals surface area contributed by atoms with E-state index in [1.165, 1.54) is 36.8 Å². The Labute approximate surface area is 134 Å². The van der Waals surface area contributed by atoms with Gasteiger partial charge in [-0.05, 0) is 29.5 Å². The van der Waals surface area contributed by atoms with Gasteiger partial charge in [0.25, 0.3) is 0 Å². The molecule has 0 heterocycles. The van der Waals surface area contributed by atoms with E-state index in [1.807, 2.05) is 19.2 Å². The average Bonchev–Trinajstić information content (AvgIpc) is 3.12. The standard InChI is InChI=1S/C19H24O2Si/c1-20-22(18-14-8-9-15-18)21-19(16-10-4-2-5-11-16)17-12-6-3-7-13-17/h2-7,10-13,18-19,22H,8-9,14-15H2,1H3. The van der Waals surface area contributed by atoms with Crippen LogP contribution in [0, 0.1) is 0 Å². The van der Waals surface area contributed by atoms with Crippen LogP contribution in [0.25, 0.3) is 0 Å². The lowest BCUT2D eigenvalue weighted by atomic mass is 10.0. The van der Waals surface area contributed by atoms with Crippen LogP contribution < -0.4 is 0 Å². The van der Waals surface area contributed by atoms with Crippen molar-refractivity contribution in [1.29, 1.82) is 0 Å². The van der Waals surface area contributed by atoms with Crippen molar-refractivity contribution in [3.05, 3.63) is 71.8 Å². The third kappa shape index (κ3) is 3.66. The summed E-state index contributed by atoms with van der Waals surface area (Å²) in [7, 11) is 0.159. The molecule has 1 aliphatic carbocycles. The molecule has 2 aromatic rings. The normalized spacial score (nSPS) is 17.0. The molecule has 0 saturated heterocycles. The summed E-state index contributed by atoms with van der Waals surface area (Å²) < 4.78 is 12.4. The van der Waals surface area contributed by atoms with E-state index >= 15 is 0 Å². The predicted molar refractivity (Wildman–Crippen MR) is 92.2 cm³/mol. The SMILES string of the molecule is CO[SiH](OC(c1ccccc1)c1ccccc1)C1CCCC1. The van der Waals surface area contributed by atoms with Crippen LogP contribution in [0.5, 0.6) is 0 Å². The van der Waals surface area contributed by atoms with Crippen molar-refractivity contribution in [3.8, 4) is 0 Å². The first-order valence-corrected chi connectivity index (χ1v) is 9.77. The van der Waals surface area contributed by atoms with Crippen LogP contribution in [0.2, 0.25) is 5.54 Å². The van der Waals surface area contributed by atoms with Crippen LogP contribution in [0.4, 0.5) is 0 Å². The Morgan fingerprint density at radius 1 is 0.864 bits per heavy atom. The van der Waals surface area contributed by atoms with Gasteiger partial charge in [0.1, 0.15) is 0 Å². The Bertz CT molecular complexity index is 513. The molecule has 3 heteroatoms. The van der Waals surface area contributed by atoms with Crippen molar-refractivity contribution in [2.24, 2.45) is 0 Å². The number of hydrogen-bond donors (Lipinski definition) is 0. The molecule has 0 amide bonds. The molecule has 22 heavy (non-hydrogen) atoms. The van der Waals surface area contributed by atoms with Crippen LogP contribution >= 0.6 is 0 Å². The van der Waals surface area contributed by atoms with Gasteiger partial charge in [-0.25, -0.2) is 0 Å². The van der Waals surface area contributed by atoms with E-state index in [0.29, 0.717) is 5.54 Å². The maximum atomic E-state index is 6.57. The summed E-state index contributed by atoms with van der Waals surface area (Å²) >= 11 is 0. The molecule has 1 saturated carbocycles. The molecule has 2 nitrogen and oxygen atoms in total. The monoisotopic (exact) mass is 312 g/mol. The first-order chi connectivity index (χ1) is 10.9. The third-order valence-electron chi connectivity index (χ3n) is 4.49. The van der Waals surface area contributed by atoms with Crippen molar-refractivity contribution in [2.75, 3.05) is 7.11 Å². The molecule has 1 fully saturated rings. The largest absolute Gasteiger partial charge is 0.400 e. The summed E-state index contributed by atoms with van der Waals surface area (Å²) in [6.07, 6.45) is 5.16. The molecule has 0 radical (unpaired) electrons. The zero-order valence-corrected chi connectivity index (χ0v) is 14.3. The highest BCUT2D eigenvalue weighted by molar-refractivity contribution is 6.46. The lowest BCUT2D eigenvalue weighted by Crippen LogP contribution is -2.29. The smallest absolute Gasteiger partial charge is 0.325 e. The summed E-state index contributed by atoms with van der Waals surface area (Å²) in [5.41, 5.74) is 3.07. The Morgan fingerprint density at radius 3 is 1.82 bits per heavy atom. The lowest BCUT2D eigenvalue weighted by molar-refractivity contribution is 0.173. The minimum atomic E-state index is -1.66. The highest BCUT2D eigenvalue weighted by atomic mass is 28.3. The molecule has 0 spiro atoms. The molecular formula is C19H24O2Si. The molecule has 0 aliphatic heterocycles. The van der Waals surface area contributed by atoms with Gasteiger partial charge in [0.2, 0.25) is 0 Å². The van der Waals surface area contributed by atoms with Gasteiger partial charge in [-0.15, -0.1) is 0 Å². The van der Waals surface area contributed by atoms with Crippen LogP contribution in [-0.4, -0.2) is 16.4 Å². The zero-order chi connectivity index (χ0) is 15.2. The van der Waals surface area contributed by atoms with Gasteiger partial charge in [-0.3, -0.25) is 0 Å². The molecule has 0 aromatic heterocycles. The fourth-order valence-corrected chi connectivity index (χ4v) is 5.64. The quantitative estimate of drug-likeness (QED) is 0.726. The molecule has 1 atom stereocenters. The van der Waals surface area contributed by atoms with Gasteiger partial charge < -0.3 is 8.85 Å². The molecule has 116 valence electrons. The van der Waals surface area contributed by atoms with E-state index < -0.39 is 9.28 Å². The highest BCUT2D eigenvalue weighted by Crippen LogP contribution is 2.36. The van der Waals surface area contributed by atoms with E-state index in [4.69, 9.17) is 8.85 Å². The van der Waals surface area contributed by atoms with Crippen molar-refractivity contribution in [1.82, 2.24) is 0 Å². The van der Waals surface area contributed by atoms with Gasteiger partial charge in [0, 0.05) is 7.11 Å². The first-order valence-electron chi connectivity index (χ1n) is 8.16. The topological polar surface area (TPSA) is 18.5 Å². The Balaban J connectivity index is 1.85. The van der Waals surface area contributed by atoms with Gasteiger partial charge in [0.15, 0.2) is 0 Å². The Hall–Kier alpha value is -1.42. The summed E-state index contributed by atoms with van der Waals surface area (Å²) in [5, 5.41) is 0. The van der Waals surface area contributed by atoms with Gasteiger partial charge in [0.05, 0.1) is 6.10 Å². The number of hydrogen-bond acceptors (Lipinski definition) is 2. The second-order valence-corrected chi connectivity index (χ2v) is 8.41. The van der Waals surface area contributed by atoms with Crippen LogP contribution in [0.3, 0.4) is 0 Å². The van der Waals surface area contributed by atoms with Crippen LogP contribution in [0.1, 0.15) is 42.9 Å². The highest BCUT2D eigenvalue weighted by Gasteiger charge is 2.31. The molecular weight excluding hydrogens is 288 g/mol. The van der Waals surface area contributed by atoms with E-state index in [-0.39, 0.29) is 6.10 Å². The summed E-state index contributed by atoms with van der Waals surface area (Å²) in [6, 6.07) is 21.0. The Kier molecular flexibility index (Phi) is 5.43. The second kappa shape index (κ2) is 7.72. The molecule has 0 bridgehead atoms. The molecule has 1 unspecified atom stereocenters. The summed E-state index contributed by atoms with van der Waals surface area (Å²) in [5.74, 6) is 0. The zero-order valence-electron chi connectivity index (χ0n) is 13.2. The average molecular weight is 312 g/mol. The molecule has 2 aromatic carbocycles. The van der Waals surface area contributed by atoms with Crippen molar-refractivity contribution in [2.45, 2.75) is 37.3 Å². The van der Waals surface area contributed by atoms with Crippen molar-refractivity contribution < 1.29 is 8.85 Å². The first kappa shape index (κ1) is 15.5. The van der Waals surface area contributed by atoms with E-state index in [9.17, 15) is 0 Å². The summed E-state index contributed by atoms with van der Waals surface area (Å²) in [4.78, 5) is 0. The summed E-state index contributed by atoms with van der Waals surface area (Å²) in [6.45, 7) is 0. The minimum absolute atomic E-state index is 0.0142. The maximum absolute atomic E-state index is 6.57. The third-order valence-corrected chi connectivity index (χ3v) is 6.93. The second-order valence-electron chi connectivity index (χ2n) is 5.99. The van der Waals surface area contributed by atoms with Gasteiger partial charge >= 0.3 is 9.28 Å². The lowest BCUT2D eigenvalue weighted by Gasteiger charge is -2.27. The fraction of sp³-hybridized carbons (Fsp3) is 0.368. The predicted octanol–water partition coefficient (Wildman–Crippen LogP) is 4.60. The number of benzene rings is 2. The minimum Gasteiger partial charge on any atom is -0.400 e. The molecule has 3 rings (SSSR count). The molecule has 0 N–H and O–H groups in total. The number of rotatable bonds is 6. The van der Waals surface area contributed by atoms with Crippen LogP contribution in [0.15, 0.2) is 60.7 Å². The molecule has 1 aliphatic rings. The van der Waals surface area contributed by atoms with Crippen molar-refractivity contribution in [3.63, 3.8) is 0 Å².